The Morgan fingerprint density at radius 2 is 2.09 bits per heavy atom. The van der Waals surface area contributed by atoms with Gasteiger partial charge in [0.2, 0.25) is 0 Å². The van der Waals surface area contributed by atoms with Crippen molar-refractivity contribution < 1.29 is 14.3 Å². The van der Waals surface area contributed by atoms with Crippen LogP contribution in [-0.2, 0) is 14.3 Å². The molecule has 0 bridgehead atoms. The summed E-state index contributed by atoms with van der Waals surface area (Å²) in [6.07, 6.45) is 1.38. The van der Waals surface area contributed by atoms with Crippen LogP contribution in [0.4, 0.5) is 0 Å². The van der Waals surface area contributed by atoms with E-state index in [0.717, 1.165) is 12.8 Å². The zero-order valence-corrected chi connectivity index (χ0v) is 6.76. The Labute approximate surface area is 66.7 Å². The molecular formula is C8H13O3. The first-order valence-electron chi connectivity index (χ1n) is 3.61. The van der Waals surface area contributed by atoms with Crippen LogP contribution in [0.3, 0.4) is 0 Å². The Kier molecular flexibility index (Phi) is 5.43. The van der Waals surface area contributed by atoms with Crippen molar-refractivity contribution in [1.82, 2.24) is 0 Å². The fraction of sp³-hybridized carbons (Fsp3) is 0.625. The summed E-state index contributed by atoms with van der Waals surface area (Å²) in [7, 11) is 0. The molecule has 0 aliphatic rings. The van der Waals surface area contributed by atoms with Crippen LogP contribution < -0.4 is 0 Å². The van der Waals surface area contributed by atoms with Crippen molar-refractivity contribution in [2.75, 3.05) is 6.61 Å². The number of carbonyl (C=O) groups excluding carboxylic acids is 2. The summed E-state index contributed by atoms with van der Waals surface area (Å²) < 4.78 is 4.69. The quantitative estimate of drug-likeness (QED) is 0.341. The van der Waals surface area contributed by atoms with E-state index in [9.17, 15) is 9.59 Å². The van der Waals surface area contributed by atoms with E-state index in [2.05, 4.69) is 6.92 Å². The third-order valence-corrected chi connectivity index (χ3v) is 1.05. The van der Waals surface area contributed by atoms with Gasteiger partial charge in [0.15, 0.2) is 0 Å². The summed E-state index contributed by atoms with van der Waals surface area (Å²) in [4.78, 5) is 21.0. The number of esters is 1. The SMILES string of the molecule is [CH2]CCCOC(=O)CC(C)=O. The second-order valence-corrected chi connectivity index (χ2v) is 2.31. The lowest BCUT2D eigenvalue weighted by Gasteiger charge is -2.00. The van der Waals surface area contributed by atoms with Crippen LogP contribution >= 0.6 is 0 Å². The van der Waals surface area contributed by atoms with Gasteiger partial charge in [0.25, 0.3) is 0 Å². The lowest BCUT2D eigenvalue weighted by atomic mass is 10.3. The molecule has 0 aromatic carbocycles. The summed E-state index contributed by atoms with van der Waals surface area (Å²) in [5.41, 5.74) is 0. The maximum Gasteiger partial charge on any atom is 0.313 e. The highest BCUT2D eigenvalue weighted by atomic mass is 16.5. The predicted octanol–water partition coefficient (Wildman–Crippen LogP) is 1.12. The van der Waals surface area contributed by atoms with E-state index in [1.165, 1.54) is 6.92 Å². The minimum atomic E-state index is -0.439. The van der Waals surface area contributed by atoms with E-state index in [4.69, 9.17) is 4.74 Å². The Hall–Kier alpha value is -0.860. The number of ketones is 1. The van der Waals surface area contributed by atoms with Gasteiger partial charge in [-0.05, 0) is 13.3 Å². The monoisotopic (exact) mass is 157 g/mol. The van der Waals surface area contributed by atoms with E-state index >= 15 is 0 Å². The van der Waals surface area contributed by atoms with Crippen molar-refractivity contribution in [2.45, 2.75) is 26.2 Å². The fourth-order valence-corrected chi connectivity index (χ4v) is 0.542. The molecule has 0 fully saturated rings. The van der Waals surface area contributed by atoms with Gasteiger partial charge in [0.1, 0.15) is 12.2 Å². The Balaban J connectivity index is 3.30. The number of unbranched alkanes of at least 4 members (excludes halogenated alkanes) is 1. The van der Waals surface area contributed by atoms with Crippen LogP contribution in [0.25, 0.3) is 0 Å². The van der Waals surface area contributed by atoms with Crippen molar-refractivity contribution in [3.8, 4) is 0 Å². The second-order valence-electron chi connectivity index (χ2n) is 2.31. The first-order chi connectivity index (χ1) is 5.16. The number of hydrogen-bond donors (Lipinski definition) is 0. The molecule has 3 nitrogen and oxygen atoms in total. The van der Waals surface area contributed by atoms with Gasteiger partial charge >= 0.3 is 5.97 Å². The third-order valence-electron chi connectivity index (χ3n) is 1.05. The molecule has 0 saturated carbocycles. The molecule has 0 aromatic rings. The van der Waals surface area contributed by atoms with Crippen molar-refractivity contribution in [3.05, 3.63) is 6.92 Å². The summed E-state index contributed by atoms with van der Waals surface area (Å²) in [6.45, 7) is 5.32. The standard InChI is InChI=1S/C8H13O3/c1-3-4-5-11-8(10)6-7(2)9/h1,3-6H2,2H3. The molecule has 0 spiro atoms. The van der Waals surface area contributed by atoms with Crippen LogP contribution in [0.1, 0.15) is 26.2 Å². The first kappa shape index (κ1) is 10.1. The van der Waals surface area contributed by atoms with Crippen molar-refractivity contribution in [3.63, 3.8) is 0 Å². The molecule has 11 heavy (non-hydrogen) atoms. The highest BCUT2D eigenvalue weighted by Gasteiger charge is 2.04. The van der Waals surface area contributed by atoms with Crippen LogP contribution in [0, 0.1) is 6.92 Å². The third kappa shape index (κ3) is 7.03. The molecule has 0 unspecified atom stereocenters. The lowest BCUT2D eigenvalue weighted by Crippen LogP contribution is -2.09. The predicted molar refractivity (Wildman–Crippen MR) is 40.8 cm³/mol. The average Bonchev–Trinajstić information content (AvgIpc) is 1.86. The second kappa shape index (κ2) is 5.89. The van der Waals surface area contributed by atoms with Gasteiger partial charge < -0.3 is 4.74 Å². The van der Waals surface area contributed by atoms with Gasteiger partial charge in [-0.15, -0.1) is 0 Å². The number of rotatable bonds is 5. The van der Waals surface area contributed by atoms with E-state index in [-0.39, 0.29) is 12.2 Å². The Morgan fingerprint density at radius 1 is 1.45 bits per heavy atom. The van der Waals surface area contributed by atoms with Gasteiger partial charge in [0, 0.05) is 0 Å². The van der Waals surface area contributed by atoms with E-state index in [0.29, 0.717) is 6.61 Å². The number of Topliss-reactive ketones (excluding diaryl/α,β-unsaturated/α-hetero) is 1. The number of carbonyl (C=O) groups is 2. The molecular weight excluding hydrogens is 144 g/mol. The van der Waals surface area contributed by atoms with Crippen molar-refractivity contribution in [1.29, 1.82) is 0 Å². The molecule has 0 N–H and O–H groups in total. The molecule has 0 amide bonds. The molecule has 1 radical (unpaired) electrons. The van der Waals surface area contributed by atoms with E-state index in [1.54, 1.807) is 0 Å². The highest BCUT2D eigenvalue weighted by molar-refractivity contribution is 5.94. The summed E-state index contributed by atoms with van der Waals surface area (Å²) in [5.74, 6) is -0.601. The minimum absolute atomic E-state index is 0.114. The maximum atomic E-state index is 10.7. The zero-order chi connectivity index (χ0) is 8.69. The topological polar surface area (TPSA) is 43.4 Å². The van der Waals surface area contributed by atoms with Crippen molar-refractivity contribution in [2.24, 2.45) is 0 Å². The molecule has 0 aromatic heterocycles. The van der Waals surface area contributed by atoms with E-state index in [1.807, 2.05) is 0 Å². The largest absolute Gasteiger partial charge is 0.465 e. The molecule has 0 saturated heterocycles. The van der Waals surface area contributed by atoms with Crippen molar-refractivity contribution >= 4 is 11.8 Å². The normalized spacial score (nSPS) is 9.27. The smallest absolute Gasteiger partial charge is 0.313 e. The molecule has 0 aliphatic heterocycles. The van der Waals surface area contributed by atoms with Gasteiger partial charge in [0.05, 0.1) is 6.61 Å². The average molecular weight is 157 g/mol. The molecule has 0 aliphatic carbocycles. The summed E-state index contributed by atoms with van der Waals surface area (Å²) in [6, 6.07) is 0. The highest BCUT2D eigenvalue weighted by Crippen LogP contribution is 1.91. The number of ether oxygens (including phenoxy) is 1. The van der Waals surface area contributed by atoms with Gasteiger partial charge in [-0.1, -0.05) is 13.3 Å². The Morgan fingerprint density at radius 3 is 2.55 bits per heavy atom. The van der Waals surface area contributed by atoms with Gasteiger partial charge in [-0.25, -0.2) is 0 Å². The molecule has 3 heteroatoms. The van der Waals surface area contributed by atoms with Crippen LogP contribution in [0.15, 0.2) is 0 Å². The molecule has 0 atom stereocenters. The van der Waals surface area contributed by atoms with Crippen LogP contribution in [0.5, 0.6) is 0 Å². The fourth-order valence-electron chi connectivity index (χ4n) is 0.542. The first-order valence-corrected chi connectivity index (χ1v) is 3.61. The summed E-state index contributed by atoms with van der Waals surface area (Å²) in [5, 5.41) is 0. The number of hydrogen-bond acceptors (Lipinski definition) is 3. The van der Waals surface area contributed by atoms with E-state index < -0.39 is 5.97 Å². The maximum absolute atomic E-state index is 10.7. The molecule has 0 heterocycles. The van der Waals surface area contributed by atoms with Crippen LogP contribution in [-0.4, -0.2) is 18.4 Å². The minimum Gasteiger partial charge on any atom is -0.465 e. The van der Waals surface area contributed by atoms with Gasteiger partial charge in [-0.3, -0.25) is 9.59 Å². The zero-order valence-electron chi connectivity index (χ0n) is 6.76. The van der Waals surface area contributed by atoms with Crippen LogP contribution in [0.2, 0.25) is 0 Å². The molecule has 63 valence electrons. The summed E-state index contributed by atoms with van der Waals surface area (Å²) >= 11 is 0. The van der Waals surface area contributed by atoms with Gasteiger partial charge in [-0.2, -0.15) is 0 Å². The lowest BCUT2D eigenvalue weighted by molar-refractivity contribution is -0.145. The molecule has 0 rings (SSSR count). The Bertz CT molecular complexity index is 140.